The molecule has 0 aliphatic heterocycles. The molecule has 0 rings (SSSR count). The van der Waals surface area contributed by atoms with Crippen LogP contribution in [0.5, 0.6) is 0 Å². The number of thiol groups is 1. The van der Waals surface area contributed by atoms with Gasteiger partial charge in [0.2, 0.25) is 0 Å². The van der Waals surface area contributed by atoms with Crippen molar-refractivity contribution in [3.05, 3.63) is 0 Å². The Kier molecular flexibility index (Phi) is 4.96. The van der Waals surface area contributed by atoms with E-state index < -0.39 is 8.67 Å². The van der Waals surface area contributed by atoms with Gasteiger partial charge < -0.3 is 9.47 Å². The van der Waals surface area contributed by atoms with Crippen LogP contribution in [0.15, 0.2) is 0 Å². The molecule has 0 radical (unpaired) electrons. The van der Waals surface area contributed by atoms with Crippen molar-refractivity contribution >= 4 is 20.7 Å². The molecule has 4 heteroatoms. The predicted molar refractivity (Wildman–Crippen MR) is 35.3 cm³/mol. The summed E-state index contributed by atoms with van der Waals surface area (Å²) in [6.07, 6.45) is 0. The van der Waals surface area contributed by atoms with Crippen LogP contribution < -0.4 is 0 Å². The maximum absolute atomic E-state index is 4.81. The minimum atomic E-state index is -0.422. The van der Waals surface area contributed by atoms with Gasteiger partial charge in [-0.25, -0.2) is 12.1 Å². The Balaban J connectivity index is 2.99. The van der Waals surface area contributed by atoms with Gasteiger partial charge >= 0.3 is 0 Å². The lowest BCUT2D eigenvalue weighted by molar-refractivity contribution is -0.0419. The summed E-state index contributed by atoms with van der Waals surface area (Å²) >= 11 is 4.06. The van der Waals surface area contributed by atoms with Crippen LogP contribution in [0.4, 0.5) is 0 Å². The van der Waals surface area contributed by atoms with E-state index in [9.17, 15) is 0 Å². The first kappa shape index (κ1) is 7.49. The third kappa shape index (κ3) is 3.10. The van der Waals surface area contributed by atoms with Crippen LogP contribution in [0.2, 0.25) is 0 Å². The van der Waals surface area contributed by atoms with Crippen LogP contribution in [-0.4, -0.2) is 28.8 Å². The molecule has 0 aliphatic carbocycles. The van der Waals surface area contributed by atoms with E-state index in [4.69, 9.17) is 9.47 Å². The molecule has 0 saturated carbocycles. The van der Waals surface area contributed by atoms with Crippen molar-refractivity contribution in [1.82, 2.24) is 0 Å². The van der Waals surface area contributed by atoms with Gasteiger partial charge in [0.1, 0.15) is 14.6 Å². The van der Waals surface area contributed by atoms with E-state index in [0.717, 1.165) is 0 Å². The first-order valence-corrected chi connectivity index (χ1v) is 5.36. The van der Waals surface area contributed by atoms with Crippen LogP contribution >= 0.6 is 12.1 Å². The fourth-order valence-electron chi connectivity index (χ4n) is 0.245. The maximum Gasteiger partial charge on any atom is 0.147 e. The van der Waals surface area contributed by atoms with E-state index in [2.05, 4.69) is 12.1 Å². The van der Waals surface area contributed by atoms with Crippen molar-refractivity contribution in [3.8, 4) is 0 Å². The molecular formula is C3H10O2SSi. The van der Waals surface area contributed by atoms with Crippen molar-refractivity contribution in [3.63, 3.8) is 0 Å². The van der Waals surface area contributed by atoms with Crippen molar-refractivity contribution < 1.29 is 9.47 Å². The van der Waals surface area contributed by atoms with Crippen molar-refractivity contribution in [1.29, 1.82) is 0 Å². The Morgan fingerprint density at radius 2 is 1.86 bits per heavy atom. The van der Waals surface area contributed by atoms with Crippen molar-refractivity contribution in [2.24, 2.45) is 0 Å². The molecule has 0 atom stereocenters. The second kappa shape index (κ2) is 4.64. The molecule has 44 valence electrons. The average molecular weight is 138 g/mol. The molecular weight excluding hydrogens is 128 g/mol. The van der Waals surface area contributed by atoms with Gasteiger partial charge in [0.15, 0.2) is 0 Å². The van der Waals surface area contributed by atoms with Gasteiger partial charge in [-0.3, -0.25) is 0 Å². The average Bonchev–Trinajstić information content (AvgIpc) is 1.72. The summed E-state index contributed by atoms with van der Waals surface area (Å²) in [5.41, 5.74) is 0. The van der Waals surface area contributed by atoms with Gasteiger partial charge in [-0.15, -0.1) is 0 Å². The van der Waals surface area contributed by atoms with Gasteiger partial charge in [-0.05, 0) is 0 Å². The smallest absolute Gasteiger partial charge is 0.147 e. The van der Waals surface area contributed by atoms with Crippen LogP contribution in [0.1, 0.15) is 0 Å². The fraction of sp³-hybridized carbons (Fsp3) is 1.00. The lowest BCUT2D eigenvalue weighted by Crippen LogP contribution is -2.16. The topological polar surface area (TPSA) is 18.5 Å². The molecule has 7 heavy (non-hydrogen) atoms. The van der Waals surface area contributed by atoms with E-state index >= 15 is 0 Å². The van der Waals surface area contributed by atoms with E-state index in [1.807, 2.05) is 0 Å². The molecule has 0 aromatic rings. The van der Waals surface area contributed by atoms with Gasteiger partial charge in [0.25, 0.3) is 0 Å². The van der Waals surface area contributed by atoms with E-state index in [0.29, 0.717) is 0 Å². The largest absolute Gasteiger partial charge is 0.359 e. The van der Waals surface area contributed by atoms with E-state index in [-0.39, 0.29) is 5.91 Å². The lowest BCUT2D eigenvalue weighted by atomic mass is 11.3. The zero-order valence-electron chi connectivity index (χ0n) is 4.55. The number of hydrogen-bond acceptors (Lipinski definition) is 3. The molecule has 2 nitrogen and oxygen atoms in total. The lowest BCUT2D eigenvalue weighted by Gasteiger charge is -2.07. The van der Waals surface area contributed by atoms with E-state index in [1.54, 1.807) is 14.2 Å². The summed E-state index contributed by atoms with van der Waals surface area (Å²) in [6.45, 7) is 0. The highest BCUT2D eigenvalue weighted by Gasteiger charge is 1.98. The highest BCUT2D eigenvalue weighted by atomic mass is 32.3. The molecule has 0 aliphatic rings. The summed E-state index contributed by atoms with van der Waals surface area (Å²) in [6, 6.07) is 0. The summed E-state index contributed by atoms with van der Waals surface area (Å²) in [5, 5.41) is 0. The molecule has 0 heterocycles. The zero-order chi connectivity index (χ0) is 5.70. The standard InChI is InChI=1S/C3H10O2SSi/c1-4-3(5-2)7-6/h3,6H,7H2,1-2H3. The third-order valence-corrected chi connectivity index (χ3v) is 2.53. The first-order valence-electron chi connectivity index (χ1n) is 2.01. The molecule has 0 bridgehead atoms. The molecule has 0 spiro atoms. The number of hydrogen-bond donors (Lipinski definition) is 1. The fourth-order valence-corrected chi connectivity index (χ4v) is 1.44. The highest BCUT2D eigenvalue weighted by Crippen LogP contribution is 1.87. The summed E-state index contributed by atoms with van der Waals surface area (Å²) < 4.78 is 9.62. The van der Waals surface area contributed by atoms with Crippen LogP contribution in [0.3, 0.4) is 0 Å². The van der Waals surface area contributed by atoms with Crippen LogP contribution in [0.25, 0.3) is 0 Å². The Morgan fingerprint density at radius 1 is 1.43 bits per heavy atom. The second-order valence-electron chi connectivity index (χ2n) is 1.08. The minimum Gasteiger partial charge on any atom is -0.359 e. The Labute approximate surface area is 51.1 Å². The normalized spacial score (nSPS) is 12.0. The van der Waals surface area contributed by atoms with Gasteiger partial charge in [0, 0.05) is 14.2 Å². The SMILES string of the molecule is COC(OC)[SiH2]S. The Bertz CT molecular complexity index is 34.4. The minimum absolute atomic E-state index is 0.0108. The molecule has 0 unspecified atom stereocenters. The predicted octanol–water partition coefficient (Wildman–Crippen LogP) is -0.424. The van der Waals surface area contributed by atoms with Crippen LogP contribution in [-0.2, 0) is 9.47 Å². The second-order valence-corrected chi connectivity index (χ2v) is 3.21. The van der Waals surface area contributed by atoms with Gasteiger partial charge in [-0.1, -0.05) is 0 Å². The summed E-state index contributed by atoms with van der Waals surface area (Å²) in [7, 11) is 2.82. The van der Waals surface area contributed by atoms with Crippen molar-refractivity contribution in [2.75, 3.05) is 14.2 Å². The molecule has 0 N–H and O–H groups in total. The maximum atomic E-state index is 4.81. The molecule has 0 amide bonds. The molecule has 0 aromatic carbocycles. The molecule has 0 saturated heterocycles. The van der Waals surface area contributed by atoms with Crippen molar-refractivity contribution in [2.45, 2.75) is 5.91 Å². The Morgan fingerprint density at radius 3 is 1.86 bits per heavy atom. The third-order valence-electron chi connectivity index (χ3n) is 0.675. The first-order chi connectivity index (χ1) is 3.35. The quantitative estimate of drug-likeness (QED) is 0.324. The molecule has 0 fully saturated rings. The summed E-state index contributed by atoms with van der Waals surface area (Å²) in [5.74, 6) is -0.0108. The Hall–Kier alpha value is 0.487. The highest BCUT2D eigenvalue weighted by molar-refractivity contribution is 8.06. The van der Waals surface area contributed by atoms with Gasteiger partial charge in [-0.2, -0.15) is 0 Å². The monoisotopic (exact) mass is 138 g/mol. The number of ether oxygens (including phenoxy) is 2. The van der Waals surface area contributed by atoms with Gasteiger partial charge in [0.05, 0.1) is 0 Å². The number of rotatable bonds is 3. The van der Waals surface area contributed by atoms with E-state index in [1.165, 1.54) is 0 Å². The zero-order valence-corrected chi connectivity index (χ0v) is 6.86. The number of methoxy groups -OCH3 is 2. The molecule has 0 aromatic heterocycles. The summed E-state index contributed by atoms with van der Waals surface area (Å²) in [4.78, 5) is 0. The van der Waals surface area contributed by atoms with Crippen LogP contribution in [0, 0.1) is 0 Å².